The van der Waals surface area contributed by atoms with E-state index < -0.39 is 0 Å². The summed E-state index contributed by atoms with van der Waals surface area (Å²) in [6.45, 7) is 4.74. The minimum atomic E-state index is -0.0485. The van der Waals surface area contributed by atoms with E-state index in [4.69, 9.17) is 0 Å². The summed E-state index contributed by atoms with van der Waals surface area (Å²) in [5.41, 5.74) is 10.7. The average molecular weight is 659 g/mol. The SMILES string of the molecule is CC1(C)c2ccccc2-c2ccc(-c3c4ccccc4c(-c4ccc5sc6c(ccc7sc8ccccc8c76)c5c4)c4ccccc34)cc21. The maximum absolute atomic E-state index is 2.47. The van der Waals surface area contributed by atoms with Crippen LogP contribution in [-0.4, -0.2) is 0 Å². The summed E-state index contributed by atoms with van der Waals surface area (Å²) in [6, 6.07) is 54.9. The van der Waals surface area contributed by atoms with E-state index in [1.807, 2.05) is 22.7 Å². The zero-order valence-electron chi connectivity index (χ0n) is 27.2. The van der Waals surface area contributed by atoms with Crippen molar-refractivity contribution in [1.29, 1.82) is 0 Å². The van der Waals surface area contributed by atoms with E-state index in [-0.39, 0.29) is 5.41 Å². The molecule has 0 amide bonds. The summed E-state index contributed by atoms with van der Waals surface area (Å²) in [7, 11) is 0. The van der Waals surface area contributed by atoms with Gasteiger partial charge in [0.1, 0.15) is 0 Å². The Morgan fingerprint density at radius 1 is 0.388 bits per heavy atom. The highest BCUT2D eigenvalue weighted by Gasteiger charge is 2.35. The number of thiophene rings is 2. The highest BCUT2D eigenvalue weighted by Crippen LogP contribution is 2.52. The van der Waals surface area contributed by atoms with Gasteiger partial charge in [-0.2, -0.15) is 0 Å². The van der Waals surface area contributed by atoms with Crippen molar-refractivity contribution in [3.05, 3.63) is 157 Å². The van der Waals surface area contributed by atoms with Crippen molar-refractivity contribution in [2.75, 3.05) is 0 Å². The lowest BCUT2D eigenvalue weighted by Gasteiger charge is -2.23. The number of hydrogen-bond donors (Lipinski definition) is 0. The Morgan fingerprint density at radius 2 is 0.939 bits per heavy atom. The Balaban J connectivity index is 1.17. The molecule has 0 fully saturated rings. The molecule has 0 spiro atoms. The van der Waals surface area contributed by atoms with Crippen LogP contribution in [0.15, 0.2) is 146 Å². The lowest BCUT2D eigenvalue weighted by atomic mass is 9.80. The van der Waals surface area contributed by atoms with Crippen LogP contribution in [0.25, 0.3) is 95.3 Å². The van der Waals surface area contributed by atoms with Gasteiger partial charge in [0.05, 0.1) is 0 Å². The Kier molecular flexibility index (Phi) is 5.58. The van der Waals surface area contributed by atoms with Crippen LogP contribution < -0.4 is 0 Å². The number of fused-ring (bicyclic) bond motifs is 12. The Morgan fingerprint density at radius 3 is 1.67 bits per heavy atom. The average Bonchev–Trinajstić information content (AvgIpc) is 3.78. The molecule has 1 aliphatic carbocycles. The summed E-state index contributed by atoms with van der Waals surface area (Å²) in [5, 5.41) is 10.6. The molecule has 11 rings (SSSR count). The summed E-state index contributed by atoms with van der Waals surface area (Å²) in [5.74, 6) is 0. The first-order valence-electron chi connectivity index (χ1n) is 17.0. The van der Waals surface area contributed by atoms with Gasteiger partial charge in [-0.1, -0.05) is 129 Å². The van der Waals surface area contributed by atoms with Crippen molar-refractivity contribution >= 4 is 84.6 Å². The fourth-order valence-electron chi connectivity index (χ4n) is 8.81. The molecule has 0 saturated carbocycles. The molecule has 10 aromatic rings. The molecule has 0 bridgehead atoms. The summed E-state index contributed by atoms with van der Waals surface area (Å²) in [4.78, 5) is 0. The molecule has 0 radical (unpaired) electrons. The number of benzene rings is 8. The second-order valence-corrected chi connectivity index (χ2v) is 16.1. The van der Waals surface area contributed by atoms with E-state index in [0.29, 0.717) is 0 Å². The van der Waals surface area contributed by atoms with Gasteiger partial charge in [-0.25, -0.2) is 0 Å². The largest absolute Gasteiger partial charge is 0.135 e. The number of rotatable bonds is 2. The van der Waals surface area contributed by atoms with Gasteiger partial charge in [-0.05, 0) is 96.4 Å². The molecule has 2 aromatic heterocycles. The van der Waals surface area contributed by atoms with Crippen molar-refractivity contribution in [3.63, 3.8) is 0 Å². The monoisotopic (exact) mass is 658 g/mol. The highest BCUT2D eigenvalue weighted by atomic mass is 32.1. The van der Waals surface area contributed by atoms with Crippen molar-refractivity contribution in [1.82, 2.24) is 0 Å². The van der Waals surface area contributed by atoms with E-state index in [0.717, 1.165) is 0 Å². The molecule has 0 aliphatic heterocycles. The van der Waals surface area contributed by atoms with Gasteiger partial charge in [0.15, 0.2) is 0 Å². The maximum Gasteiger partial charge on any atom is 0.0448 e. The third-order valence-corrected chi connectivity index (χ3v) is 13.4. The molecular formula is C47H30S2. The van der Waals surface area contributed by atoms with Gasteiger partial charge in [0, 0.05) is 45.8 Å². The second-order valence-electron chi connectivity index (χ2n) is 14.0. The summed E-state index contributed by atoms with van der Waals surface area (Å²) < 4.78 is 5.46. The zero-order chi connectivity index (χ0) is 32.4. The molecule has 8 aromatic carbocycles. The van der Waals surface area contributed by atoms with Gasteiger partial charge in [-0.3, -0.25) is 0 Å². The first-order chi connectivity index (χ1) is 24.1. The third-order valence-electron chi connectivity index (χ3n) is 11.1. The normalized spacial score (nSPS) is 13.7. The van der Waals surface area contributed by atoms with Crippen LogP contribution in [0.1, 0.15) is 25.0 Å². The Bertz CT molecular complexity index is 2970. The van der Waals surface area contributed by atoms with Gasteiger partial charge in [0.2, 0.25) is 0 Å². The summed E-state index contributed by atoms with van der Waals surface area (Å²) in [6.07, 6.45) is 0. The molecule has 230 valence electrons. The molecule has 2 heterocycles. The van der Waals surface area contributed by atoms with E-state index in [1.165, 1.54) is 106 Å². The van der Waals surface area contributed by atoms with Gasteiger partial charge < -0.3 is 0 Å². The lowest BCUT2D eigenvalue weighted by Crippen LogP contribution is -2.14. The topological polar surface area (TPSA) is 0 Å². The maximum atomic E-state index is 2.47. The predicted octanol–water partition coefficient (Wildman–Crippen LogP) is 14.4. The molecule has 49 heavy (non-hydrogen) atoms. The number of hydrogen-bond acceptors (Lipinski definition) is 2. The smallest absolute Gasteiger partial charge is 0.0448 e. The van der Waals surface area contributed by atoms with Crippen LogP contribution in [0.5, 0.6) is 0 Å². The molecule has 0 N–H and O–H groups in total. The molecule has 0 nitrogen and oxygen atoms in total. The highest BCUT2D eigenvalue weighted by molar-refractivity contribution is 7.29. The van der Waals surface area contributed by atoms with E-state index in [2.05, 4.69) is 159 Å². The third kappa shape index (κ3) is 3.73. The van der Waals surface area contributed by atoms with Crippen LogP contribution in [0.3, 0.4) is 0 Å². The lowest BCUT2D eigenvalue weighted by molar-refractivity contribution is 0.660. The van der Waals surface area contributed by atoms with Gasteiger partial charge in [-0.15, -0.1) is 22.7 Å². The van der Waals surface area contributed by atoms with Crippen molar-refractivity contribution < 1.29 is 0 Å². The quantitative estimate of drug-likeness (QED) is 0.162. The zero-order valence-corrected chi connectivity index (χ0v) is 28.8. The standard InChI is InChI=1S/C47H30S2/c1-47(2)38-17-9-7-11-29(38)30-21-19-28(26-39(30)47)44-33-14-5-3-12-31(33)43(32-13-4-6-15-34(32)44)27-20-23-41-37(25-27)35-22-24-42-45(46(35)49-41)36-16-8-10-18-40(36)48-42/h3-26H,1-2H3. The van der Waals surface area contributed by atoms with Crippen molar-refractivity contribution in [2.24, 2.45) is 0 Å². The van der Waals surface area contributed by atoms with E-state index in [9.17, 15) is 0 Å². The van der Waals surface area contributed by atoms with Crippen LogP contribution in [0, 0.1) is 0 Å². The minimum absolute atomic E-state index is 0.0485. The van der Waals surface area contributed by atoms with Crippen LogP contribution in [-0.2, 0) is 5.41 Å². The molecule has 0 unspecified atom stereocenters. The van der Waals surface area contributed by atoms with E-state index in [1.54, 1.807) is 0 Å². The van der Waals surface area contributed by atoms with Gasteiger partial charge >= 0.3 is 0 Å². The van der Waals surface area contributed by atoms with Crippen LogP contribution in [0.4, 0.5) is 0 Å². The summed E-state index contributed by atoms with van der Waals surface area (Å²) >= 11 is 3.83. The van der Waals surface area contributed by atoms with E-state index >= 15 is 0 Å². The fraction of sp³-hybridized carbons (Fsp3) is 0.0638. The predicted molar refractivity (Wildman–Crippen MR) is 216 cm³/mol. The molecular weight excluding hydrogens is 629 g/mol. The van der Waals surface area contributed by atoms with Gasteiger partial charge in [0.25, 0.3) is 0 Å². The first-order valence-corrected chi connectivity index (χ1v) is 18.6. The molecule has 0 atom stereocenters. The molecule has 2 heteroatoms. The van der Waals surface area contributed by atoms with Crippen LogP contribution >= 0.6 is 22.7 Å². The first kappa shape index (κ1) is 27.6. The van der Waals surface area contributed by atoms with Crippen molar-refractivity contribution in [2.45, 2.75) is 19.3 Å². The van der Waals surface area contributed by atoms with Crippen LogP contribution in [0.2, 0.25) is 0 Å². The molecule has 1 aliphatic rings. The minimum Gasteiger partial charge on any atom is -0.135 e. The van der Waals surface area contributed by atoms with Crippen molar-refractivity contribution in [3.8, 4) is 33.4 Å². The Labute approximate surface area is 292 Å². The second kappa shape index (κ2) is 9.89. The Hall–Kier alpha value is -5.28. The molecule has 0 saturated heterocycles. The fourth-order valence-corrected chi connectivity index (χ4v) is 11.2.